The molecule has 0 spiro atoms. The second kappa shape index (κ2) is 8.53. The fourth-order valence-electron chi connectivity index (χ4n) is 3.44. The first kappa shape index (κ1) is 20.5. The average Bonchev–Trinajstić information content (AvgIpc) is 2.75. The van der Waals surface area contributed by atoms with E-state index in [1.807, 2.05) is 49.3 Å². The van der Waals surface area contributed by atoms with Crippen LogP contribution in [0.2, 0.25) is 0 Å². The van der Waals surface area contributed by atoms with Gasteiger partial charge in [-0.3, -0.25) is 9.59 Å². The van der Waals surface area contributed by atoms with Crippen molar-refractivity contribution in [2.24, 2.45) is 5.73 Å². The van der Waals surface area contributed by atoms with Crippen molar-refractivity contribution in [1.82, 2.24) is 20.2 Å². The minimum Gasteiger partial charge on any atom is -0.483 e. The Bertz CT molecular complexity index is 1300. The van der Waals surface area contributed by atoms with E-state index >= 15 is 0 Å². The number of benzene rings is 3. The van der Waals surface area contributed by atoms with Crippen LogP contribution in [0.15, 0.2) is 48.5 Å². The molecule has 8 nitrogen and oxygen atoms in total. The molecule has 3 aromatic carbocycles. The van der Waals surface area contributed by atoms with Gasteiger partial charge in [0.15, 0.2) is 6.61 Å². The number of amides is 2. The fourth-order valence-corrected chi connectivity index (χ4v) is 3.44. The molecule has 1 heterocycles. The van der Waals surface area contributed by atoms with Crippen LogP contribution in [0.3, 0.4) is 0 Å². The van der Waals surface area contributed by atoms with E-state index in [0.29, 0.717) is 39.9 Å². The van der Waals surface area contributed by atoms with Gasteiger partial charge in [-0.05, 0) is 44.4 Å². The number of fused-ring (bicyclic) bond motifs is 4. The van der Waals surface area contributed by atoms with Gasteiger partial charge in [0.1, 0.15) is 11.3 Å². The van der Waals surface area contributed by atoms with Gasteiger partial charge in [-0.15, -0.1) is 0 Å². The Morgan fingerprint density at radius 2 is 1.74 bits per heavy atom. The number of nitrogens with one attached hydrogen (secondary N) is 1. The first-order valence-corrected chi connectivity index (χ1v) is 9.90. The summed E-state index contributed by atoms with van der Waals surface area (Å²) in [5, 5.41) is 4.54. The van der Waals surface area contributed by atoms with Crippen molar-refractivity contribution < 1.29 is 14.3 Å². The van der Waals surface area contributed by atoms with Gasteiger partial charge in [0, 0.05) is 23.9 Å². The predicted molar refractivity (Wildman–Crippen MR) is 120 cm³/mol. The first-order chi connectivity index (χ1) is 14.9. The Balaban J connectivity index is 1.82. The zero-order chi connectivity index (χ0) is 22.0. The quantitative estimate of drug-likeness (QED) is 0.352. The lowest BCUT2D eigenvalue weighted by Gasteiger charge is -2.12. The largest absolute Gasteiger partial charge is 0.483 e. The number of likely N-dealkylation sites (N-methyl/N-ethyl adjacent to an activating group) is 1. The molecular formula is C23H23N5O3. The SMILES string of the molecule is CN(C)CCNC(=O)c1cccc2nc3ccc4c(OCC(N)=O)cccc4c3nc12. The van der Waals surface area contributed by atoms with Crippen molar-refractivity contribution >= 4 is 44.7 Å². The lowest BCUT2D eigenvalue weighted by Crippen LogP contribution is -2.31. The van der Waals surface area contributed by atoms with Gasteiger partial charge in [0.05, 0.1) is 22.1 Å². The summed E-state index contributed by atoms with van der Waals surface area (Å²) in [4.78, 5) is 35.4. The maximum Gasteiger partial charge on any atom is 0.255 e. The van der Waals surface area contributed by atoms with E-state index in [0.717, 1.165) is 17.3 Å². The molecule has 31 heavy (non-hydrogen) atoms. The van der Waals surface area contributed by atoms with Crippen molar-refractivity contribution in [3.63, 3.8) is 0 Å². The normalized spacial score (nSPS) is 11.3. The van der Waals surface area contributed by atoms with Crippen molar-refractivity contribution in [3.8, 4) is 5.75 Å². The maximum atomic E-state index is 12.8. The molecule has 0 radical (unpaired) electrons. The molecule has 0 fully saturated rings. The number of rotatable bonds is 7. The van der Waals surface area contributed by atoms with Crippen LogP contribution in [0.5, 0.6) is 5.75 Å². The van der Waals surface area contributed by atoms with Crippen molar-refractivity contribution in [3.05, 3.63) is 54.1 Å². The van der Waals surface area contributed by atoms with Gasteiger partial charge >= 0.3 is 0 Å². The summed E-state index contributed by atoms with van der Waals surface area (Å²) >= 11 is 0. The Morgan fingerprint density at radius 3 is 2.52 bits per heavy atom. The van der Waals surface area contributed by atoms with E-state index < -0.39 is 5.91 Å². The van der Waals surface area contributed by atoms with Crippen LogP contribution < -0.4 is 15.8 Å². The lowest BCUT2D eigenvalue weighted by atomic mass is 10.1. The number of carbonyl (C=O) groups excluding carboxylic acids is 2. The molecule has 0 aliphatic carbocycles. The molecule has 0 saturated heterocycles. The van der Waals surface area contributed by atoms with Crippen LogP contribution in [0.1, 0.15) is 10.4 Å². The summed E-state index contributed by atoms with van der Waals surface area (Å²) < 4.78 is 5.55. The van der Waals surface area contributed by atoms with Gasteiger partial charge in [0.2, 0.25) is 0 Å². The molecule has 158 valence electrons. The molecule has 8 heteroatoms. The third-order valence-electron chi connectivity index (χ3n) is 4.91. The smallest absolute Gasteiger partial charge is 0.255 e. The molecule has 0 aliphatic rings. The van der Waals surface area contributed by atoms with E-state index in [4.69, 9.17) is 20.4 Å². The fraction of sp³-hybridized carbons (Fsp3) is 0.217. The summed E-state index contributed by atoms with van der Waals surface area (Å²) in [6.45, 7) is 1.06. The monoisotopic (exact) mass is 417 g/mol. The number of aromatic nitrogens is 2. The summed E-state index contributed by atoms with van der Waals surface area (Å²) in [5.74, 6) is -0.199. The van der Waals surface area contributed by atoms with Gasteiger partial charge in [-0.2, -0.15) is 0 Å². The van der Waals surface area contributed by atoms with Crippen LogP contribution in [0, 0.1) is 0 Å². The molecule has 1 aromatic heterocycles. The van der Waals surface area contributed by atoms with Gasteiger partial charge in [-0.25, -0.2) is 9.97 Å². The van der Waals surface area contributed by atoms with E-state index in [1.54, 1.807) is 18.2 Å². The number of para-hydroxylation sites is 1. The highest BCUT2D eigenvalue weighted by Gasteiger charge is 2.15. The van der Waals surface area contributed by atoms with Crippen LogP contribution >= 0.6 is 0 Å². The van der Waals surface area contributed by atoms with Crippen LogP contribution in [0.4, 0.5) is 0 Å². The van der Waals surface area contributed by atoms with Crippen molar-refractivity contribution in [1.29, 1.82) is 0 Å². The third-order valence-corrected chi connectivity index (χ3v) is 4.91. The molecule has 0 atom stereocenters. The molecule has 2 amide bonds. The van der Waals surface area contributed by atoms with Gasteiger partial charge in [0.25, 0.3) is 11.8 Å². The third kappa shape index (κ3) is 4.24. The summed E-state index contributed by atoms with van der Waals surface area (Å²) in [7, 11) is 3.91. The molecule has 0 bridgehead atoms. The van der Waals surface area contributed by atoms with E-state index in [2.05, 4.69) is 5.32 Å². The van der Waals surface area contributed by atoms with Crippen LogP contribution in [-0.2, 0) is 4.79 Å². The lowest BCUT2D eigenvalue weighted by molar-refractivity contribution is -0.119. The van der Waals surface area contributed by atoms with E-state index in [1.165, 1.54) is 0 Å². The predicted octanol–water partition coefficient (Wildman–Crippen LogP) is 2.09. The van der Waals surface area contributed by atoms with Gasteiger partial charge in [-0.1, -0.05) is 18.2 Å². The Kier molecular flexibility index (Phi) is 5.64. The average molecular weight is 417 g/mol. The topological polar surface area (TPSA) is 110 Å². The Hall–Kier alpha value is -3.78. The second-order valence-electron chi connectivity index (χ2n) is 7.50. The Labute approximate surface area is 179 Å². The molecule has 0 aliphatic heterocycles. The summed E-state index contributed by atoms with van der Waals surface area (Å²) in [6.07, 6.45) is 0. The first-order valence-electron chi connectivity index (χ1n) is 9.90. The molecular weight excluding hydrogens is 394 g/mol. The maximum absolute atomic E-state index is 12.8. The van der Waals surface area contributed by atoms with Crippen LogP contribution in [0.25, 0.3) is 32.8 Å². The zero-order valence-electron chi connectivity index (χ0n) is 17.4. The number of primary amides is 1. The highest BCUT2D eigenvalue weighted by molar-refractivity contribution is 6.11. The van der Waals surface area contributed by atoms with Crippen molar-refractivity contribution in [2.75, 3.05) is 33.8 Å². The van der Waals surface area contributed by atoms with Crippen LogP contribution in [-0.4, -0.2) is 60.5 Å². The molecule has 3 N–H and O–H groups in total. The van der Waals surface area contributed by atoms with Gasteiger partial charge < -0.3 is 20.7 Å². The summed E-state index contributed by atoms with van der Waals surface area (Å²) in [5.41, 5.74) is 8.23. The number of hydrogen-bond donors (Lipinski definition) is 2. The standard InChI is InChI=1S/C23H23N5O3/c1-28(2)12-11-25-23(30)16-6-3-7-17-22(16)27-21-15-5-4-8-19(31-13-20(24)29)14(15)9-10-18(21)26-17/h3-10H,11-13H2,1-2H3,(H2,24,29)(H,25,30). The number of ether oxygens (including phenoxy) is 1. The second-order valence-corrected chi connectivity index (χ2v) is 7.50. The minimum absolute atomic E-state index is 0.188. The highest BCUT2D eigenvalue weighted by Crippen LogP contribution is 2.31. The summed E-state index contributed by atoms with van der Waals surface area (Å²) in [6, 6.07) is 14.6. The Morgan fingerprint density at radius 1 is 0.968 bits per heavy atom. The number of nitrogens with two attached hydrogens (primary N) is 1. The van der Waals surface area contributed by atoms with Crippen molar-refractivity contribution in [2.45, 2.75) is 0 Å². The molecule has 4 rings (SSSR count). The number of carbonyl (C=O) groups is 2. The van der Waals surface area contributed by atoms with E-state index in [-0.39, 0.29) is 12.5 Å². The molecule has 4 aromatic rings. The highest BCUT2D eigenvalue weighted by atomic mass is 16.5. The zero-order valence-corrected chi connectivity index (χ0v) is 17.4. The van der Waals surface area contributed by atoms with E-state index in [9.17, 15) is 9.59 Å². The molecule has 0 unspecified atom stereocenters. The molecule has 0 saturated carbocycles. The number of nitrogens with zero attached hydrogens (tertiary/aromatic N) is 3. The number of hydrogen-bond acceptors (Lipinski definition) is 6. The minimum atomic E-state index is -0.548.